The van der Waals surface area contributed by atoms with Crippen LogP contribution in [0.3, 0.4) is 0 Å². The third-order valence-corrected chi connectivity index (χ3v) is 7.01. The summed E-state index contributed by atoms with van der Waals surface area (Å²) in [5, 5.41) is 0. The zero-order valence-electron chi connectivity index (χ0n) is 22.7. The van der Waals surface area contributed by atoms with Gasteiger partial charge in [-0.3, -0.25) is 0 Å². The Bertz CT molecular complexity index is 835. The molecule has 0 aromatic carbocycles. The highest BCUT2D eigenvalue weighted by Gasteiger charge is 2.95. The molecule has 0 rings (SSSR count). The van der Waals surface area contributed by atoms with E-state index in [1.807, 2.05) is 6.92 Å². The van der Waals surface area contributed by atoms with Crippen LogP contribution < -0.4 is 0 Å². The first-order chi connectivity index (χ1) is 18.6. The van der Waals surface area contributed by atoms with Crippen molar-refractivity contribution in [2.45, 2.75) is 125 Å². The standard InChI is InChI=1S/C23H31F17O2/c1-5-6-7-8-9-10-11-14(2)15(41-3,42-4)12-13-16(24,25)17(26,27)18(28,29)19(30,31)20(32,33)21(34,35)22(36,37)23(38,39)40/h14H,5-13H2,1-4H3. The van der Waals surface area contributed by atoms with Gasteiger partial charge in [-0.2, -0.15) is 74.6 Å². The summed E-state index contributed by atoms with van der Waals surface area (Å²) < 4.78 is 239. The predicted octanol–water partition coefficient (Wildman–Crippen LogP) is 10.2. The Labute approximate surface area is 230 Å². The quantitative estimate of drug-likeness (QED) is 0.0779. The topological polar surface area (TPSA) is 18.5 Å². The van der Waals surface area contributed by atoms with Gasteiger partial charge in [-0.1, -0.05) is 52.4 Å². The molecular formula is C23H31F17O2. The van der Waals surface area contributed by atoms with E-state index in [-0.39, 0.29) is 6.42 Å². The number of methoxy groups -OCH3 is 2. The molecule has 0 aliphatic rings. The summed E-state index contributed by atoms with van der Waals surface area (Å²) >= 11 is 0. The third kappa shape index (κ3) is 7.00. The number of alkyl halides is 17. The second-order valence-electron chi connectivity index (χ2n) is 9.83. The molecule has 0 bridgehead atoms. The molecule has 0 saturated carbocycles. The van der Waals surface area contributed by atoms with Gasteiger partial charge >= 0.3 is 47.6 Å². The average Bonchev–Trinajstić information content (AvgIpc) is 2.85. The van der Waals surface area contributed by atoms with Crippen LogP contribution in [0.4, 0.5) is 74.6 Å². The predicted molar refractivity (Wildman–Crippen MR) is 114 cm³/mol. The average molecular weight is 662 g/mol. The molecule has 0 saturated heterocycles. The fourth-order valence-corrected chi connectivity index (χ4v) is 4.07. The molecule has 0 amide bonds. The molecule has 0 heterocycles. The van der Waals surface area contributed by atoms with E-state index in [9.17, 15) is 74.6 Å². The molecule has 0 radical (unpaired) electrons. The van der Waals surface area contributed by atoms with Crippen LogP contribution in [0.25, 0.3) is 0 Å². The van der Waals surface area contributed by atoms with Crippen molar-refractivity contribution < 1.29 is 84.1 Å². The first-order valence-electron chi connectivity index (χ1n) is 12.4. The minimum Gasteiger partial charge on any atom is -0.353 e. The van der Waals surface area contributed by atoms with E-state index in [2.05, 4.69) is 0 Å². The van der Waals surface area contributed by atoms with Crippen LogP contribution in [0, 0.1) is 5.92 Å². The maximum Gasteiger partial charge on any atom is 0.460 e. The highest BCUT2D eigenvalue weighted by atomic mass is 19.4. The highest BCUT2D eigenvalue weighted by molar-refractivity contribution is 5.15. The van der Waals surface area contributed by atoms with Crippen molar-refractivity contribution in [1.82, 2.24) is 0 Å². The smallest absolute Gasteiger partial charge is 0.353 e. The van der Waals surface area contributed by atoms with E-state index in [1.54, 1.807) is 0 Å². The Morgan fingerprint density at radius 1 is 0.476 bits per heavy atom. The van der Waals surface area contributed by atoms with Crippen molar-refractivity contribution in [3.05, 3.63) is 0 Å². The summed E-state index contributed by atoms with van der Waals surface area (Å²) in [4.78, 5) is 0. The van der Waals surface area contributed by atoms with Gasteiger partial charge in [0.1, 0.15) is 0 Å². The van der Waals surface area contributed by atoms with Gasteiger partial charge in [0.25, 0.3) is 0 Å². The largest absolute Gasteiger partial charge is 0.460 e. The van der Waals surface area contributed by atoms with Crippen LogP contribution in [0.1, 0.15) is 71.6 Å². The molecule has 0 fully saturated rings. The summed E-state index contributed by atoms with van der Waals surface area (Å²) in [5.41, 5.74) is 0. The van der Waals surface area contributed by atoms with E-state index < -0.39 is 72.2 Å². The van der Waals surface area contributed by atoms with Crippen LogP contribution in [0.2, 0.25) is 0 Å². The fraction of sp³-hybridized carbons (Fsp3) is 1.00. The number of halogens is 17. The van der Waals surface area contributed by atoms with Crippen LogP contribution in [-0.4, -0.2) is 67.6 Å². The van der Waals surface area contributed by atoms with E-state index in [0.717, 1.165) is 39.9 Å². The second kappa shape index (κ2) is 13.4. The molecule has 0 aliphatic carbocycles. The lowest BCUT2D eigenvalue weighted by molar-refractivity contribution is -0.462. The second-order valence-corrected chi connectivity index (χ2v) is 9.83. The zero-order chi connectivity index (χ0) is 33.9. The lowest BCUT2D eigenvalue weighted by Crippen LogP contribution is -2.74. The van der Waals surface area contributed by atoms with Crippen molar-refractivity contribution in [3.63, 3.8) is 0 Å². The molecule has 0 N–H and O–H groups in total. The van der Waals surface area contributed by atoms with Crippen LogP contribution in [0.5, 0.6) is 0 Å². The molecule has 2 nitrogen and oxygen atoms in total. The summed E-state index contributed by atoms with van der Waals surface area (Å²) in [6.07, 6.45) is -7.34. The van der Waals surface area contributed by atoms with Gasteiger partial charge in [0.2, 0.25) is 0 Å². The monoisotopic (exact) mass is 662 g/mol. The molecule has 254 valence electrons. The maximum atomic E-state index is 14.4. The summed E-state index contributed by atoms with van der Waals surface area (Å²) in [5.74, 6) is -59.7. The molecule has 1 atom stereocenters. The highest BCUT2D eigenvalue weighted by Crippen LogP contribution is 2.64. The van der Waals surface area contributed by atoms with Gasteiger partial charge < -0.3 is 9.47 Å². The Balaban J connectivity index is 6.23. The van der Waals surface area contributed by atoms with Gasteiger partial charge in [-0.15, -0.1) is 0 Å². The first-order valence-corrected chi connectivity index (χ1v) is 12.4. The molecule has 0 aliphatic heterocycles. The Morgan fingerprint density at radius 3 is 1.21 bits per heavy atom. The zero-order valence-corrected chi connectivity index (χ0v) is 22.7. The van der Waals surface area contributed by atoms with Crippen LogP contribution >= 0.6 is 0 Å². The van der Waals surface area contributed by atoms with Crippen LogP contribution in [-0.2, 0) is 9.47 Å². The van der Waals surface area contributed by atoms with Crippen molar-refractivity contribution in [1.29, 1.82) is 0 Å². The molecule has 0 aromatic rings. The fourth-order valence-electron chi connectivity index (χ4n) is 4.07. The Kier molecular flexibility index (Phi) is 13.0. The lowest BCUT2D eigenvalue weighted by atomic mass is 9.85. The summed E-state index contributed by atoms with van der Waals surface area (Å²) in [6.45, 7) is 3.23. The van der Waals surface area contributed by atoms with E-state index >= 15 is 0 Å². The minimum atomic E-state index is -8.64. The molecular weight excluding hydrogens is 631 g/mol. The van der Waals surface area contributed by atoms with Crippen molar-refractivity contribution >= 4 is 0 Å². The van der Waals surface area contributed by atoms with Crippen LogP contribution in [0.15, 0.2) is 0 Å². The number of unbranched alkanes of at least 4 members (excludes halogenated alkanes) is 5. The van der Waals surface area contributed by atoms with Gasteiger partial charge in [0.05, 0.1) is 0 Å². The SMILES string of the molecule is CCCCCCCCC(C)C(CCC(F)(F)C(F)(F)C(F)(F)C(F)(F)C(F)(F)C(F)(F)C(F)(F)C(F)(F)F)(OC)OC. The molecule has 1 unspecified atom stereocenters. The number of ether oxygens (including phenoxy) is 2. The Morgan fingerprint density at radius 2 is 0.833 bits per heavy atom. The number of hydrogen-bond donors (Lipinski definition) is 0. The van der Waals surface area contributed by atoms with Gasteiger partial charge in [-0.05, 0) is 6.42 Å². The van der Waals surface area contributed by atoms with Crippen molar-refractivity contribution in [2.75, 3.05) is 14.2 Å². The minimum absolute atomic E-state index is 0.110. The van der Waals surface area contributed by atoms with E-state index in [1.165, 1.54) is 6.92 Å². The van der Waals surface area contributed by atoms with Gasteiger partial charge in [-0.25, -0.2) is 0 Å². The van der Waals surface area contributed by atoms with E-state index in [0.29, 0.717) is 12.8 Å². The molecule has 0 spiro atoms. The molecule has 19 heteroatoms. The summed E-state index contributed by atoms with van der Waals surface area (Å²) in [7, 11) is 1.62. The van der Waals surface area contributed by atoms with Crippen molar-refractivity contribution in [2.24, 2.45) is 5.92 Å². The number of hydrogen-bond acceptors (Lipinski definition) is 2. The van der Waals surface area contributed by atoms with Gasteiger partial charge in [0, 0.05) is 33.0 Å². The number of rotatable bonds is 19. The normalized spacial score (nSPS) is 16.2. The Hall–Kier alpha value is -1.27. The van der Waals surface area contributed by atoms with Gasteiger partial charge in [0.15, 0.2) is 5.79 Å². The molecule has 0 aromatic heterocycles. The van der Waals surface area contributed by atoms with E-state index in [4.69, 9.17) is 9.47 Å². The maximum absolute atomic E-state index is 14.4. The summed E-state index contributed by atoms with van der Waals surface area (Å²) in [6, 6.07) is 0. The lowest BCUT2D eigenvalue weighted by Gasteiger charge is -2.43. The molecule has 42 heavy (non-hydrogen) atoms. The third-order valence-electron chi connectivity index (χ3n) is 7.01. The first kappa shape index (κ1) is 40.7. The van der Waals surface area contributed by atoms with Crippen molar-refractivity contribution in [3.8, 4) is 0 Å².